The first kappa shape index (κ1) is 22.7. The first-order chi connectivity index (χ1) is 15.3. The van der Waals surface area contributed by atoms with Crippen LogP contribution in [0.5, 0.6) is 5.75 Å². The van der Waals surface area contributed by atoms with Gasteiger partial charge in [-0.15, -0.1) is 11.3 Å². The third kappa shape index (κ3) is 4.63. The molecule has 32 heavy (non-hydrogen) atoms. The molecule has 3 aromatic rings. The highest BCUT2D eigenvalue weighted by Gasteiger charge is 2.28. The summed E-state index contributed by atoms with van der Waals surface area (Å²) in [6.07, 6.45) is -0.728. The summed E-state index contributed by atoms with van der Waals surface area (Å²) >= 11 is 2.39. The van der Waals surface area contributed by atoms with Crippen molar-refractivity contribution in [2.45, 2.75) is 37.0 Å². The molecule has 170 valence electrons. The number of alkyl halides is 3. The summed E-state index contributed by atoms with van der Waals surface area (Å²) in [4.78, 5) is 32.0. The zero-order chi connectivity index (χ0) is 22.9. The summed E-state index contributed by atoms with van der Waals surface area (Å²) in [5.41, 5.74) is 1.22. The maximum atomic E-state index is 13.7. The second-order valence-electron chi connectivity index (χ2n) is 7.28. The Hall–Kier alpha value is -2.53. The standard InChI is InChI=1S/C21H20F3N3O3S2/c1-30-14-8-4-3-7-13(14)27-19(29)17-12-6-2-5-9-15(12)32-18(17)26-20(27)31-10-16(28)25-11-21(22,23)24/h3-4,7-8H,2,5-6,9-11H2,1H3,(H,25,28). The van der Waals surface area contributed by atoms with Gasteiger partial charge < -0.3 is 10.1 Å². The molecule has 0 unspecified atom stereocenters. The molecule has 1 aromatic carbocycles. The minimum atomic E-state index is -4.49. The van der Waals surface area contributed by atoms with Gasteiger partial charge >= 0.3 is 6.18 Å². The molecule has 1 aliphatic rings. The number of carbonyl (C=O) groups is 1. The Balaban J connectivity index is 1.78. The van der Waals surface area contributed by atoms with Crippen LogP contribution >= 0.6 is 23.1 Å². The van der Waals surface area contributed by atoms with Crippen LogP contribution in [0.3, 0.4) is 0 Å². The van der Waals surface area contributed by atoms with Crippen LogP contribution in [0.2, 0.25) is 0 Å². The molecule has 0 aliphatic heterocycles. The molecule has 0 saturated carbocycles. The Morgan fingerprint density at radius 1 is 1.28 bits per heavy atom. The number of ether oxygens (including phenoxy) is 1. The zero-order valence-electron chi connectivity index (χ0n) is 17.1. The number of amides is 1. The number of rotatable bonds is 6. The van der Waals surface area contributed by atoms with E-state index in [9.17, 15) is 22.8 Å². The lowest BCUT2D eigenvalue weighted by Crippen LogP contribution is -2.35. The lowest BCUT2D eigenvalue weighted by molar-refractivity contribution is -0.136. The van der Waals surface area contributed by atoms with Gasteiger partial charge in [-0.05, 0) is 43.4 Å². The number of halogens is 3. The maximum Gasteiger partial charge on any atom is 0.405 e. The van der Waals surface area contributed by atoms with E-state index in [1.807, 2.05) is 5.32 Å². The number of fused-ring (bicyclic) bond motifs is 3. The average Bonchev–Trinajstić information content (AvgIpc) is 3.14. The van der Waals surface area contributed by atoms with Crippen molar-refractivity contribution in [3.63, 3.8) is 0 Å². The SMILES string of the molecule is COc1ccccc1-n1c(SCC(=O)NCC(F)(F)F)nc2sc3c(c2c1=O)CCCC3. The van der Waals surface area contributed by atoms with Crippen molar-refractivity contribution in [3.8, 4) is 11.4 Å². The van der Waals surface area contributed by atoms with Crippen molar-refractivity contribution < 1.29 is 22.7 Å². The van der Waals surface area contributed by atoms with Crippen LogP contribution in [0.25, 0.3) is 15.9 Å². The van der Waals surface area contributed by atoms with Crippen LogP contribution in [-0.2, 0) is 17.6 Å². The van der Waals surface area contributed by atoms with E-state index in [1.54, 1.807) is 24.3 Å². The van der Waals surface area contributed by atoms with E-state index >= 15 is 0 Å². The van der Waals surface area contributed by atoms with Gasteiger partial charge in [-0.3, -0.25) is 14.2 Å². The third-order valence-corrected chi connectivity index (χ3v) is 7.23. The summed E-state index contributed by atoms with van der Waals surface area (Å²) in [7, 11) is 1.49. The highest BCUT2D eigenvalue weighted by atomic mass is 32.2. The van der Waals surface area contributed by atoms with Gasteiger partial charge in [0.2, 0.25) is 5.91 Å². The van der Waals surface area contributed by atoms with E-state index in [0.29, 0.717) is 21.7 Å². The van der Waals surface area contributed by atoms with Gasteiger partial charge in [-0.25, -0.2) is 4.98 Å². The van der Waals surface area contributed by atoms with E-state index in [1.165, 1.54) is 23.0 Å². The molecular formula is C21H20F3N3O3S2. The number of aryl methyl sites for hydroxylation is 2. The average molecular weight is 484 g/mol. The number of thiophene rings is 1. The summed E-state index contributed by atoms with van der Waals surface area (Å²) < 4.78 is 44.0. The highest BCUT2D eigenvalue weighted by molar-refractivity contribution is 7.99. The number of aromatic nitrogens is 2. The molecule has 2 heterocycles. The fourth-order valence-electron chi connectivity index (χ4n) is 3.69. The summed E-state index contributed by atoms with van der Waals surface area (Å²) in [5.74, 6) is -0.657. The van der Waals surface area contributed by atoms with Crippen LogP contribution in [0.4, 0.5) is 13.2 Å². The van der Waals surface area contributed by atoms with Crippen LogP contribution in [0, 0.1) is 0 Å². The largest absolute Gasteiger partial charge is 0.495 e. The van der Waals surface area contributed by atoms with E-state index in [-0.39, 0.29) is 16.5 Å². The Labute approximate surface area is 189 Å². The first-order valence-electron chi connectivity index (χ1n) is 9.95. The van der Waals surface area contributed by atoms with Crippen molar-refractivity contribution in [1.29, 1.82) is 0 Å². The van der Waals surface area contributed by atoms with Crippen LogP contribution in [0.1, 0.15) is 23.3 Å². The molecule has 1 amide bonds. The number of para-hydroxylation sites is 2. The minimum absolute atomic E-state index is 0.229. The molecule has 11 heteroatoms. The number of hydrogen-bond acceptors (Lipinski definition) is 6. The smallest absolute Gasteiger partial charge is 0.405 e. The van der Waals surface area contributed by atoms with Crippen LogP contribution < -0.4 is 15.6 Å². The Kier molecular flexibility index (Phi) is 6.47. The predicted octanol–water partition coefficient (Wildman–Crippen LogP) is 4.11. The van der Waals surface area contributed by atoms with Crippen molar-refractivity contribution in [2.24, 2.45) is 0 Å². The normalized spacial score (nSPS) is 13.8. The molecule has 4 rings (SSSR count). The first-order valence-corrected chi connectivity index (χ1v) is 11.8. The quantitative estimate of drug-likeness (QED) is 0.422. The summed E-state index contributed by atoms with van der Waals surface area (Å²) in [5, 5.41) is 2.64. The second kappa shape index (κ2) is 9.14. The van der Waals surface area contributed by atoms with Gasteiger partial charge in [0.25, 0.3) is 5.56 Å². The van der Waals surface area contributed by atoms with Gasteiger partial charge in [-0.2, -0.15) is 13.2 Å². The number of hydrogen-bond donors (Lipinski definition) is 1. The lowest BCUT2D eigenvalue weighted by Gasteiger charge is -2.16. The van der Waals surface area contributed by atoms with Gasteiger partial charge in [0, 0.05) is 4.88 Å². The molecule has 1 aliphatic carbocycles. The van der Waals surface area contributed by atoms with E-state index in [2.05, 4.69) is 4.98 Å². The van der Waals surface area contributed by atoms with Crippen molar-refractivity contribution >= 4 is 39.2 Å². The molecule has 0 atom stereocenters. The zero-order valence-corrected chi connectivity index (χ0v) is 18.8. The molecule has 2 aromatic heterocycles. The molecule has 0 fully saturated rings. The predicted molar refractivity (Wildman–Crippen MR) is 118 cm³/mol. The van der Waals surface area contributed by atoms with Gasteiger partial charge in [0.15, 0.2) is 5.16 Å². The number of methoxy groups -OCH3 is 1. The molecular weight excluding hydrogens is 463 g/mol. The number of nitrogens with one attached hydrogen (secondary N) is 1. The number of nitrogens with zero attached hydrogens (tertiary/aromatic N) is 2. The Morgan fingerprint density at radius 3 is 2.78 bits per heavy atom. The number of thioether (sulfide) groups is 1. The van der Waals surface area contributed by atoms with Crippen LogP contribution in [0.15, 0.2) is 34.2 Å². The van der Waals surface area contributed by atoms with Crippen molar-refractivity contribution in [3.05, 3.63) is 45.1 Å². The number of carbonyl (C=O) groups excluding carboxylic acids is 1. The van der Waals surface area contributed by atoms with Crippen molar-refractivity contribution in [2.75, 3.05) is 19.4 Å². The van der Waals surface area contributed by atoms with Crippen LogP contribution in [-0.4, -0.2) is 41.0 Å². The minimum Gasteiger partial charge on any atom is -0.495 e. The topological polar surface area (TPSA) is 73.2 Å². The fraction of sp³-hybridized carbons (Fsp3) is 0.381. The lowest BCUT2D eigenvalue weighted by atomic mass is 9.97. The maximum absolute atomic E-state index is 13.7. The summed E-state index contributed by atoms with van der Waals surface area (Å²) in [6, 6.07) is 6.94. The molecule has 6 nitrogen and oxygen atoms in total. The Morgan fingerprint density at radius 2 is 2.03 bits per heavy atom. The van der Waals surface area contributed by atoms with Crippen molar-refractivity contribution in [1.82, 2.24) is 14.9 Å². The van der Waals surface area contributed by atoms with E-state index < -0.39 is 18.6 Å². The van der Waals surface area contributed by atoms with Gasteiger partial charge in [0.05, 0.1) is 23.9 Å². The highest BCUT2D eigenvalue weighted by Crippen LogP contribution is 2.36. The third-order valence-electron chi connectivity index (χ3n) is 5.10. The van der Waals surface area contributed by atoms with Gasteiger partial charge in [0.1, 0.15) is 17.1 Å². The molecule has 0 spiro atoms. The van der Waals surface area contributed by atoms with Gasteiger partial charge in [-0.1, -0.05) is 23.9 Å². The Bertz CT molecular complexity index is 1220. The van der Waals surface area contributed by atoms with E-state index in [0.717, 1.165) is 47.9 Å². The molecule has 0 saturated heterocycles. The second-order valence-corrected chi connectivity index (χ2v) is 9.30. The monoisotopic (exact) mass is 483 g/mol. The fourth-order valence-corrected chi connectivity index (χ4v) is 5.83. The molecule has 0 bridgehead atoms. The molecule has 0 radical (unpaired) electrons. The summed E-state index contributed by atoms with van der Waals surface area (Å²) in [6.45, 7) is -1.41. The van der Waals surface area contributed by atoms with E-state index in [4.69, 9.17) is 4.74 Å². The number of benzene rings is 1. The molecule has 1 N–H and O–H groups in total.